The summed E-state index contributed by atoms with van der Waals surface area (Å²) in [7, 11) is 0. The Labute approximate surface area is 150 Å². The van der Waals surface area contributed by atoms with Crippen LogP contribution in [0.15, 0.2) is 52.9 Å². The highest BCUT2D eigenvalue weighted by atomic mass is 16.3. The number of hydrogen-bond donors (Lipinski definition) is 2. The van der Waals surface area contributed by atoms with E-state index in [0.717, 1.165) is 11.4 Å². The minimum absolute atomic E-state index is 0.00437. The molecule has 1 aromatic carbocycles. The van der Waals surface area contributed by atoms with E-state index in [0.29, 0.717) is 18.0 Å². The van der Waals surface area contributed by atoms with Gasteiger partial charge in [-0.2, -0.15) is 5.10 Å². The standard InChI is InChI=1S/C19H18N4O3/c1-12-7-8-17(26-12)15-10-16(22-21-15)19(25)20-13-9-18(24)23(11-13)14-5-3-2-4-6-14/h2-8,10,13H,9,11H2,1H3,(H,20,25)(H,21,22)/t13-/m0/s1. The van der Waals surface area contributed by atoms with E-state index in [2.05, 4.69) is 15.5 Å². The van der Waals surface area contributed by atoms with Crippen LogP contribution in [0.4, 0.5) is 5.69 Å². The van der Waals surface area contributed by atoms with E-state index < -0.39 is 0 Å². The minimum Gasteiger partial charge on any atom is -0.460 e. The number of benzene rings is 1. The molecule has 2 aromatic heterocycles. The lowest BCUT2D eigenvalue weighted by molar-refractivity contribution is -0.117. The van der Waals surface area contributed by atoms with Crippen LogP contribution >= 0.6 is 0 Å². The Morgan fingerprint density at radius 1 is 1.27 bits per heavy atom. The fourth-order valence-electron chi connectivity index (χ4n) is 3.06. The molecule has 0 spiro atoms. The van der Waals surface area contributed by atoms with Crippen molar-refractivity contribution in [2.75, 3.05) is 11.4 Å². The number of H-pyrrole nitrogens is 1. The zero-order chi connectivity index (χ0) is 18.1. The molecular formula is C19H18N4O3. The highest BCUT2D eigenvalue weighted by Crippen LogP contribution is 2.22. The first-order valence-electron chi connectivity index (χ1n) is 8.38. The van der Waals surface area contributed by atoms with Gasteiger partial charge in [-0.25, -0.2) is 0 Å². The van der Waals surface area contributed by atoms with Gasteiger partial charge < -0.3 is 14.6 Å². The van der Waals surface area contributed by atoms with Gasteiger partial charge in [-0.3, -0.25) is 14.7 Å². The highest BCUT2D eigenvalue weighted by Gasteiger charge is 2.32. The number of nitrogens with zero attached hydrogens (tertiary/aromatic N) is 2. The van der Waals surface area contributed by atoms with Crippen molar-refractivity contribution in [1.29, 1.82) is 0 Å². The first-order chi connectivity index (χ1) is 12.6. The second-order valence-electron chi connectivity index (χ2n) is 6.29. The lowest BCUT2D eigenvalue weighted by Crippen LogP contribution is -2.37. The molecule has 2 amide bonds. The molecule has 1 aliphatic heterocycles. The van der Waals surface area contributed by atoms with Crippen LogP contribution in [0, 0.1) is 6.92 Å². The molecule has 1 saturated heterocycles. The first kappa shape index (κ1) is 16.1. The summed E-state index contributed by atoms with van der Waals surface area (Å²) in [5.74, 6) is 1.09. The maximum absolute atomic E-state index is 12.4. The smallest absolute Gasteiger partial charge is 0.272 e. The van der Waals surface area contributed by atoms with E-state index in [-0.39, 0.29) is 30.0 Å². The van der Waals surface area contributed by atoms with Gasteiger partial charge in [0.15, 0.2) is 11.5 Å². The van der Waals surface area contributed by atoms with Gasteiger partial charge in [-0.15, -0.1) is 0 Å². The number of hydrogen-bond acceptors (Lipinski definition) is 4. The number of anilines is 1. The third-order valence-corrected chi connectivity index (χ3v) is 4.34. The number of amides is 2. The molecule has 3 aromatic rings. The number of rotatable bonds is 4. The van der Waals surface area contributed by atoms with Crippen molar-refractivity contribution in [3.63, 3.8) is 0 Å². The summed E-state index contributed by atoms with van der Waals surface area (Å²) in [6.45, 7) is 2.30. The van der Waals surface area contributed by atoms with Crippen molar-refractivity contribution >= 4 is 17.5 Å². The van der Waals surface area contributed by atoms with Gasteiger partial charge in [0, 0.05) is 24.7 Å². The van der Waals surface area contributed by atoms with Crippen LogP contribution in [0.2, 0.25) is 0 Å². The van der Waals surface area contributed by atoms with E-state index in [1.54, 1.807) is 11.0 Å². The van der Waals surface area contributed by atoms with Crippen molar-refractivity contribution in [2.45, 2.75) is 19.4 Å². The normalized spacial score (nSPS) is 16.9. The second-order valence-corrected chi connectivity index (χ2v) is 6.29. The van der Waals surface area contributed by atoms with Crippen LogP contribution in [0.25, 0.3) is 11.5 Å². The topological polar surface area (TPSA) is 91.2 Å². The summed E-state index contributed by atoms with van der Waals surface area (Å²) in [6.07, 6.45) is 0.273. The Kier molecular flexibility index (Phi) is 4.04. The van der Waals surface area contributed by atoms with Crippen LogP contribution in [0.1, 0.15) is 22.7 Å². The molecule has 7 nitrogen and oxygen atoms in total. The Balaban J connectivity index is 1.43. The summed E-state index contributed by atoms with van der Waals surface area (Å²) in [6, 6.07) is 14.5. The van der Waals surface area contributed by atoms with Gasteiger partial charge in [0.05, 0.1) is 6.04 Å². The van der Waals surface area contributed by atoms with Crippen molar-refractivity contribution in [3.05, 3.63) is 60.0 Å². The monoisotopic (exact) mass is 350 g/mol. The lowest BCUT2D eigenvalue weighted by Gasteiger charge is -2.16. The molecular weight excluding hydrogens is 332 g/mol. The number of nitrogens with one attached hydrogen (secondary N) is 2. The predicted octanol–water partition coefficient (Wildman–Crippen LogP) is 2.51. The van der Waals surface area contributed by atoms with E-state index in [9.17, 15) is 9.59 Å². The number of aryl methyl sites for hydroxylation is 1. The minimum atomic E-state index is -0.316. The van der Waals surface area contributed by atoms with Gasteiger partial charge >= 0.3 is 0 Å². The Morgan fingerprint density at radius 3 is 2.81 bits per heavy atom. The van der Waals surface area contributed by atoms with Crippen molar-refractivity contribution in [2.24, 2.45) is 0 Å². The molecule has 2 N–H and O–H groups in total. The molecule has 0 radical (unpaired) electrons. The maximum atomic E-state index is 12.4. The molecule has 3 heterocycles. The molecule has 132 valence electrons. The summed E-state index contributed by atoms with van der Waals surface area (Å²) in [4.78, 5) is 26.4. The highest BCUT2D eigenvalue weighted by molar-refractivity contribution is 5.98. The predicted molar refractivity (Wildman–Crippen MR) is 95.7 cm³/mol. The average molecular weight is 350 g/mol. The van der Waals surface area contributed by atoms with Crippen LogP contribution < -0.4 is 10.2 Å². The third-order valence-electron chi connectivity index (χ3n) is 4.34. The van der Waals surface area contributed by atoms with E-state index in [4.69, 9.17) is 4.42 Å². The number of carbonyl (C=O) groups is 2. The molecule has 1 fully saturated rings. The van der Waals surface area contributed by atoms with Crippen molar-refractivity contribution in [3.8, 4) is 11.5 Å². The number of aromatic nitrogens is 2. The fourth-order valence-corrected chi connectivity index (χ4v) is 3.06. The lowest BCUT2D eigenvalue weighted by atomic mass is 10.2. The molecule has 26 heavy (non-hydrogen) atoms. The van der Waals surface area contributed by atoms with Crippen LogP contribution in [0.3, 0.4) is 0 Å². The number of aromatic amines is 1. The summed E-state index contributed by atoms with van der Waals surface area (Å²) < 4.78 is 5.52. The van der Waals surface area contributed by atoms with Crippen molar-refractivity contribution in [1.82, 2.24) is 15.5 Å². The zero-order valence-corrected chi connectivity index (χ0v) is 14.2. The van der Waals surface area contributed by atoms with E-state index in [1.807, 2.05) is 49.4 Å². The summed E-state index contributed by atoms with van der Waals surface area (Å²) in [5, 5.41) is 9.73. The maximum Gasteiger partial charge on any atom is 0.272 e. The Hall–Kier alpha value is -3.35. The summed E-state index contributed by atoms with van der Waals surface area (Å²) in [5.41, 5.74) is 1.74. The average Bonchev–Trinajstić information content (AvgIpc) is 3.35. The van der Waals surface area contributed by atoms with Gasteiger partial charge in [0.25, 0.3) is 5.91 Å². The largest absolute Gasteiger partial charge is 0.460 e. The molecule has 4 rings (SSSR count). The molecule has 0 aliphatic carbocycles. The molecule has 1 atom stereocenters. The van der Waals surface area contributed by atoms with Gasteiger partial charge in [-0.05, 0) is 31.2 Å². The molecule has 1 aliphatic rings. The van der Waals surface area contributed by atoms with Crippen LogP contribution in [0.5, 0.6) is 0 Å². The fraction of sp³-hybridized carbons (Fsp3) is 0.211. The molecule has 7 heteroatoms. The summed E-state index contributed by atoms with van der Waals surface area (Å²) >= 11 is 0. The zero-order valence-electron chi connectivity index (χ0n) is 14.2. The SMILES string of the molecule is Cc1ccc(-c2cc(C(=O)N[C@H]3CC(=O)N(c4ccccc4)C3)n[nH]2)o1. The van der Waals surface area contributed by atoms with Gasteiger partial charge in [0.2, 0.25) is 5.91 Å². The van der Waals surface area contributed by atoms with E-state index in [1.165, 1.54) is 0 Å². The molecule has 0 saturated carbocycles. The van der Waals surface area contributed by atoms with Crippen LogP contribution in [-0.2, 0) is 4.79 Å². The van der Waals surface area contributed by atoms with E-state index >= 15 is 0 Å². The van der Waals surface area contributed by atoms with Crippen LogP contribution in [-0.4, -0.2) is 34.6 Å². The number of furan rings is 1. The Bertz CT molecular complexity index is 945. The van der Waals surface area contributed by atoms with Gasteiger partial charge in [0.1, 0.15) is 11.5 Å². The number of para-hydroxylation sites is 1. The molecule has 0 bridgehead atoms. The van der Waals surface area contributed by atoms with Crippen molar-refractivity contribution < 1.29 is 14.0 Å². The number of carbonyl (C=O) groups excluding carboxylic acids is 2. The Morgan fingerprint density at radius 2 is 2.08 bits per heavy atom. The van der Waals surface area contributed by atoms with Gasteiger partial charge in [-0.1, -0.05) is 18.2 Å². The second kappa shape index (κ2) is 6.51. The quantitative estimate of drug-likeness (QED) is 0.756. The third kappa shape index (κ3) is 3.11. The first-order valence-corrected chi connectivity index (χ1v) is 8.38. The molecule has 0 unspecified atom stereocenters.